The number of rotatable bonds is 6. The van der Waals surface area contributed by atoms with Gasteiger partial charge in [0.15, 0.2) is 5.13 Å². The number of fused-ring (bicyclic) bond motifs is 1. The van der Waals surface area contributed by atoms with Crippen LogP contribution in [0.25, 0.3) is 10.2 Å². The summed E-state index contributed by atoms with van der Waals surface area (Å²) in [6, 6.07) is 7.55. The summed E-state index contributed by atoms with van der Waals surface area (Å²) in [5, 5.41) is 4.89. The van der Waals surface area contributed by atoms with Gasteiger partial charge in [0, 0.05) is 19.3 Å². The first kappa shape index (κ1) is 17.9. The molecule has 1 saturated heterocycles. The number of anilines is 1. The Bertz CT molecular complexity index is 945. The van der Waals surface area contributed by atoms with Gasteiger partial charge in [-0.15, -0.1) is 0 Å². The van der Waals surface area contributed by atoms with Gasteiger partial charge in [-0.3, -0.25) is 14.4 Å². The Morgan fingerprint density at radius 3 is 3.07 bits per heavy atom. The fourth-order valence-corrected chi connectivity index (χ4v) is 4.33. The molecule has 7 nitrogen and oxygen atoms in total. The van der Waals surface area contributed by atoms with E-state index in [0.717, 1.165) is 29.7 Å². The van der Waals surface area contributed by atoms with E-state index in [2.05, 4.69) is 5.10 Å². The Hall–Kier alpha value is -2.45. The maximum absolute atomic E-state index is 13.4. The molecule has 0 saturated carbocycles. The number of nitrogens with zero attached hydrogens (tertiary/aromatic N) is 4. The van der Waals surface area contributed by atoms with Crippen LogP contribution in [0, 0.1) is 0 Å². The van der Waals surface area contributed by atoms with Crippen LogP contribution in [0.1, 0.15) is 30.3 Å². The highest BCUT2D eigenvalue weighted by Crippen LogP contribution is 2.35. The van der Waals surface area contributed by atoms with E-state index in [1.807, 2.05) is 25.1 Å². The van der Waals surface area contributed by atoms with Crippen molar-refractivity contribution in [2.24, 2.45) is 0 Å². The molecule has 0 spiro atoms. The zero-order valence-electron chi connectivity index (χ0n) is 15.4. The Morgan fingerprint density at radius 2 is 2.33 bits per heavy atom. The van der Waals surface area contributed by atoms with Gasteiger partial charge in [0.1, 0.15) is 17.0 Å². The van der Waals surface area contributed by atoms with Crippen LogP contribution in [0.2, 0.25) is 0 Å². The van der Waals surface area contributed by atoms with Crippen LogP contribution < -0.4 is 9.64 Å². The minimum absolute atomic E-state index is 0.0286. The van der Waals surface area contributed by atoms with Crippen LogP contribution in [0.15, 0.2) is 30.5 Å². The van der Waals surface area contributed by atoms with Crippen LogP contribution >= 0.6 is 11.3 Å². The highest BCUT2D eigenvalue weighted by atomic mass is 32.1. The Kier molecular flexibility index (Phi) is 5.09. The molecule has 0 N–H and O–H groups in total. The van der Waals surface area contributed by atoms with E-state index in [1.165, 1.54) is 11.3 Å². The Labute approximate surface area is 161 Å². The molecule has 0 radical (unpaired) electrons. The number of aromatic nitrogens is 3. The van der Waals surface area contributed by atoms with Crippen molar-refractivity contribution in [3.05, 3.63) is 36.2 Å². The number of hydrogen-bond acceptors (Lipinski definition) is 6. The minimum Gasteiger partial charge on any atom is -0.494 e. The normalized spacial score (nSPS) is 16.7. The Morgan fingerprint density at radius 1 is 1.44 bits per heavy atom. The van der Waals surface area contributed by atoms with Gasteiger partial charge in [-0.2, -0.15) is 5.10 Å². The Balaban J connectivity index is 1.74. The van der Waals surface area contributed by atoms with Crippen molar-refractivity contribution in [3.8, 4) is 5.75 Å². The van der Waals surface area contributed by atoms with Gasteiger partial charge in [0.05, 0.1) is 24.5 Å². The lowest BCUT2D eigenvalue weighted by atomic mass is 10.2. The highest BCUT2D eigenvalue weighted by molar-refractivity contribution is 7.22. The minimum atomic E-state index is -0.108. The number of amides is 1. The third kappa shape index (κ3) is 3.42. The van der Waals surface area contributed by atoms with Crippen LogP contribution in [0.4, 0.5) is 5.13 Å². The number of para-hydroxylation sites is 1. The van der Waals surface area contributed by atoms with Crippen LogP contribution in [-0.4, -0.2) is 47.0 Å². The molecular weight excluding hydrogens is 364 g/mol. The highest BCUT2D eigenvalue weighted by Gasteiger charge is 2.29. The molecule has 8 heteroatoms. The number of ether oxygens (including phenoxy) is 2. The molecule has 27 heavy (non-hydrogen) atoms. The van der Waals surface area contributed by atoms with Crippen molar-refractivity contribution in [3.63, 3.8) is 0 Å². The number of aryl methyl sites for hydroxylation is 1. The summed E-state index contributed by atoms with van der Waals surface area (Å²) in [5.41, 5.74) is 1.33. The number of methoxy groups -OCH3 is 1. The monoisotopic (exact) mass is 386 g/mol. The summed E-state index contributed by atoms with van der Waals surface area (Å²) in [5.74, 6) is 0.598. The standard InChI is InChI=1S/C19H22N4O3S/c1-3-23-14(9-10-20-23)18(24)22(12-13-6-5-11-26-13)19-21-17-15(25-2)7-4-8-16(17)27-19/h4,7-10,13H,3,5-6,11-12H2,1-2H3. The smallest absolute Gasteiger partial charge is 0.278 e. The quantitative estimate of drug-likeness (QED) is 0.650. The van der Waals surface area contributed by atoms with E-state index in [0.29, 0.717) is 29.7 Å². The van der Waals surface area contributed by atoms with E-state index in [9.17, 15) is 4.79 Å². The molecule has 4 rings (SSSR count). The maximum atomic E-state index is 13.4. The lowest BCUT2D eigenvalue weighted by Gasteiger charge is -2.23. The third-order valence-electron chi connectivity index (χ3n) is 4.71. The number of carbonyl (C=O) groups is 1. The van der Waals surface area contributed by atoms with Crippen molar-refractivity contribution in [1.82, 2.24) is 14.8 Å². The first-order valence-corrected chi connectivity index (χ1v) is 9.91. The van der Waals surface area contributed by atoms with Crippen LogP contribution in [0.5, 0.6) is 5.75 Å². The SMILES string of the molecule is CCn1nccc1C(=O)N(CC1CCCO1)c1nc2c(OC)cccc2s1. The third-order valence-corrected chi connectivity index (χ3v) is 5.76. The molecule has 1 aliphatic heterocycles. The topological polar surface area (TPSA) is 69.5 Å². The second-order valence-corrected chi connectivity index (χ2v) is 7.40. The molecule has 2 aromatic heterocycles. The summed E-state index contributed by atoms with van der Waals surface area (Å²) >= 11 is 1.49. The predicted molar refractivity (Wildman–Crippen MR) is 105 cm³/mol. The van der Waals surface area contributed by atoms with E-state index in [4.69, 9.17) is 14.5 Å². The van der Waals surface area contributed by atoms with E-state index < -0.39 is 0 Å². The van der Waals surface area contributed by atoms with Crippen molar-refractivity contribution in [1.29, 1.82) is 0 Å². The number of thiazole rings is 1. The molecule has 1 unspecified atom stereocenters. The molecular formula is C19H22N4O3S. The number of benzene rings is 1. The largest absolute Gasteiger partial charge is 0.494 e. The molecule has 1 aliphatic rings. The summed E-state index contributed by atoms with van der Waals surface area (Å²) in [4.78, 5) is 19.8. The van der Waals surface area contributed by atoms with Crippen LogP contribution in [0.3, 0.4) is 0 Å². The first-order chi connectivity index (χ1) is 13.2. The molecule has 3 heterocycles. The first-order valence-electron chi connectivity index (χ1n) is 9.10. The second kappa shape index (κ2) is 7.66. The zero-order chi connectivity index (χ0) is 18.8. The summed E-state index contributed by atoms with van der Waals surface area (Å²) in [6.07, 6.45) is 3.65. The van der Waals surface area contributed by atoms with E-state index >= 15 is 0 Å². The second-order valence-electron chi connectivity index (χ2n) is 6.39. The van der Waals surface area contributed by atoms with E-state index in [1.54, 1.807) is 29.0 Å². The average Bonchev–Trinajstić information content (AvgIpc) is 3.44. The van der Waals surface area contributed by atoms with Gasteiger partial charge in [-0.05, 0) is 38.0 Å². The molecule has 142 valence electrons. The van der Waals surface area contributed by atoms with Gasteiger partial charge in [0.2, 0.25) is 0 Å². The van der Waals surface area contributed by atoms with Crippen LogP contribution in [-0.2, 0) is 11.3 Å². The van der Waals surface area contributed by atoms with Gasteiger partial charge in [-0.25, -0.2) is 4.98 Å². The molecule has 1 fully saturated rings. The van der Waals surface area contributed by atoms with Crippen molar-refractivity contribution >= 4 is 32.6 Å². The van der Waals surface area contributed by atoms with Gasteiger partial charge >= 0.3 is 0 Å². The molecule has 0 bridgehead atoms. The zero-order valence-corrected chi connectivity index (χ0v) is 16.2. The average molecular weight is 386 g/mol. The predicted octanol–water partition coefficient (Wildman–Crippen LogP) is 3.35. The fourth-order valence-electron chi connectivity index (χ4n) is 3.34. The molecule has 3 aromatic rings. The number of carbonyl (C=O) groups excluding carboxylic acids is 1. The van der Waals surface area contributed by atoms with Gasteiger partial charge < -0.3 is 9.47 Å². The van der Waals surface area contributed by atoms with Gasteiger partial charge in [-0.1, -0.05) is 17.4 Å². The molecule has 0 aliphatic carbocycles. The summed E-state index contributed by atoms with van der Waals surface area (Å²) in [7, 11) is 1.63. The molecule has 1 atom stereocenters. The van der Waals surface area contributed by atoms with Crippen molar-refractivity contribution in [2.75, 3.05) is 25.2 Å². The summed E-state index contributed by atoms with van der Waals surface area (Å²) < 4.78 is 13.9. The molecule has 1 aromatic carbocycles. The number of hydrogen-bond donors (Lipinski definition) is 0. The maximum Gasteiger partial charge on any atom is 0.278 e. The van der Waals surface area contributed by atoms with E-state index in [-0.39, 0.29) is 12.0 Å². The fraction of sp³-hybridized carbons (Fsp3) is 0.421. The molecule has 1 amide bonds. The lowest BCUT2D eigenvalue weighted by molar-refractivity contribution is 0.0908. The van der Waals surface area contributed by atoms with Gasteiger partial charge in [0.25, 0.3) is 5.91 Å². The van der Waals surface area contributed by atoms with Crippen molar-refractivity contribution < 1.29 is 14.3 Å². The summed E-state index contributed by atoms with van der Waals surface area (Å²) in [6.45, 7) is 3.83. The lowest BCUT2D eigenvalue weighted by Crippen LogP contribution is -2.38. The van der Waals surface area contributed by atoms with Crippen molar-refractivity contribution in [2.45, 2.75) is 32.4 Å².